The molecular formula is C25H24N6O6S. The molecule has 2 saturated heterocycles. The largest absolute Gasteiger partial charge is 0.508 e. The number of carbonyl (C=O) groups excluding carboxylic acids is 3. The van der Waals surface area contributed by atoms with Crippen LogP contribution in [0, 0.1) is 0 Å². The number of fused-ring (bicyclic) bond motifs is 2. The van der Waals surface area contributed by atoms with Gasteiger partial charge in [-0.15, -0.1) is 11.8 Å². The Morgan fingerprint density at radius 1 is 1.16 bits per heavy atom. The molecular weight excluding hydrogens is 512 g/mol. The highest BCUT2D eigenvalue weighted by Gasteiger charge is 2.64. The van der Waals surface area contributed by atoms with Crippen molar-refractivity contribution >= 4 is 52.2 Å². The number of nitrogen functional groups attached to an aromatic ring is 1. The zero-order chi connectivity index (χ0) is 27.4. The summed E-state index contributed by atoms with van der Waals surface area (Å²) >= 11 is 1.29. The number of nitrogens with zero attached hydrogens (tertiary/aromatic N) is 3. The molecule has 2 aliphatic heterocycles. The molecule has 5 rings (SSSR count). The number of amides is 3. The standard InChI is InChI=1S/C25H24N6O6S/c1-25(2)19(24(36)37)31-22(35)18(23(31)38-25)30-21(34)16(11-5-7-12(32)8-6-11)29-20(33)13-10-28-14-4-3-9-27-17(14)15(13)26/h3-10,16,18-19,23,32H,1-2H3,(H2,26,28)(H,29,33)(H,30,34)(H,36,37)/t16?,18?,19-,23+/m0/s1. The Morgan fingerprint density at radius 2 is 1.87 bits per heavy atom. The van der Waals surface area contributed by atoms with Gasteiger partial charge in [-0.1, -0.05) is 12.1 Å². The number of benzene rings is 1. The van der Waals surface area contributed by atoms with Crippen LogP contribution in [-0.4, -0.2) is 71.0 Å². The van der Waals surface area contributed by atoms with E-state index in [-0.39, 0.29) is 17.0 Å². The first kappa shape index (κ1) is 25.3. The summed E-state index contributed by atoms with van der Waals surface area (Å²) in [7, 11) is 0. The molecule has 0 spiro atoms. The second kappa shape index (κ2) is 9.17. The maximum Gasteiger partial charge on any atom is 0.327 e. The molecule has 4 atom stereocenters. The number of phenolic OH excluding ortho intramolecular Hbond substituents is 1. The van der Waals surface area contributed by atoms with Gasteiger partial charge in [0.25, 0.3) is 5.91 Å². The molecule has 196 valence electrons. The zero-order valence-corrected chi connectivity index (χ0v) is 21.1. The van der Waals surface area contributed by atoms with Gasteiger partial charge in [0.1, 0.15) is 34.8 Å². The van der Waals surface area contributed by atoms with Crippen molar-refractivity contribution in [3.05, 3.63) is 59.9 Å². The Bertz CT molecular complexity index is 1480. The topological polar surface area (TPSA) is 188 Å². The zero-order valence-electron chi connectivity index (χ0n) is 20.3. The van der Waals surface area contributed by atoms with E-state index in [0.29, 0.717) is 16.6 Å². The van der Waals surface area contributed by atoms with Crippen molar-refractivity contribution < 1.29 is 29.4 Å². The highest BCUT2D eigenvalue weighted by molar-refractivity contribution is 8.01. The number of aliphatic carboxylic acids is 1. The fraction of sp³-hybridized carbons (Fsp3) is 0.280. The SMILES string of the molecule is CC1(C)S[C@@H]2C(NC(=O)C(NC(=O)c3cnc4cccnc4c3N)c3ccc(O)cc3)C(=O)N2[C@H]1C(=O)O. The molecule has 12 nitrogen and oxygen atoms in total. The number of hydrogen-bond acceptors (Lipinski definition) is 9. The normalized spacial score (nSPS) is 22.3. The van der Waals surface area contributed by atoms with Gasteiger partial charge in [-0.25, -0.2) is 4.79 Å². The van der Waals surface area contributed by atoms with Gasteiger partial charge >= 0.3 is 5.97 Å². The van der Waals surface area contributed by atoms with Crippen LogP contribution in [0.3, 0.4) is 0 Å². The second-order valence-corrected chi connectivity index (χ2v) is 11.3. The average Bonchev–Trinajstić information content (AvgIpc) is 3.14. The smallest absolute Gasteiger partial charge is 0.327 e. The van der Waals surface area contributed by atoms with Crippen LogP contribution in [0.25, 0.3) is 11.0 Å². The third-order valence-electron chi connectivity index (χ3n) is 6.65. The monoisotopic (exact) mass is 536 g/mol. The molecule has 0 radical (unpaired) electrons. The fourth-order valence-corrected chi connectivity index (χ4v) is 6.40. The minimum absolute atomic E-state index is 0.0103. The third kappa shape index (κ3) is 4.14. The van der Waals surface area contributed by atoms with E-state index in [9.17, 15) is 29.4 Å². The molecule has 3 aromatic rings. The van der Waals surface area contributed by atoms with E-state index in [1.807, 2.05) is 0 Å². The van der Waals surface area contributed by atoms with Crippen LogP contribution in [0.15, 0.2) is 48.8 Å². The predicted molar refractivity (Wildman–Crippen MR) is 138 cm³/mol. The molecule has 38 heavy (non-hydrogen) atoms. The summed E-state index contributed by atoms with van der Waals surface area (Å²) in [5.74, 6) is -3.06. The van der Waals surface area contributed by atoms with Gasteiger partial charge in [-0.3, -0.25) is 24.4 Å². The van der Waals surface area contributed by atoms with Gasteiger partial charge in [0.05, 0.1) is 16.8 Å². The van der Waals surface area contributed by atoms with Gasteiger partial charge in [0.15, 0.2) is 0 Å². The van der Waals surface area contributed by atoms with Crippen LogP contribution in [0.1, 0.15) is 35.8 Å². The summed E-state index contributed by atoms with van der Waals surface area (Å²) < 4.78 is -0.759. The first-order valence-electron chi connectivity index (χ1n) is 11.6. The van der Waals surface area contributed by atoms with Crippen LogP contribution >= 0.6 is 11.8 Å². The minimum atomic E-state index is -1.27. The van der Waals surface area contributed by atoms with Crippen molar-refractivity contribution in [2.45, 2.75) is 42.1 Å². The number of nitrogens with two attached hydrogens (primary N) is 1. The second-order valence-electron chi connectivity index (χ2n) is 9.54. The lowest BCUT2D eigenvalue weighted by atomic mass is 9.95. The number of thioether (sulfide) groups is 1. The predicted octanol–water partition coefficient (Wildman–Crippen LogP) is 1.02. The number of nitrogens with one attached hydrogen (secondary N) is 2. The molecule has 0 saturated carbocycles. The van der Waals surface area contributed by atoms with Gasteiger partial charge in [0, 0.05) is 17.1 Å². The Labute approximate surface area is 220 Å². The summed E-state index contributed by atoms with van der Waals surface area (Å²) in [5, 5.41) is 24.1. The van der Waals surface area contributed by atoms with E-state index in [0.717, 1.165) is 0 Å². The fourth-order valence-electron chi connectivity index (χ4n) is 4.78. The van der Waals surface area contributed by atoms with E-state index >= 15 is 0 Å². The summed E-state index contributed by atoms with van der Waals surface area (Å²) in [5.41, 5.74) is 7.45. The summed E-state index contributed by atoms with van der Waals surface area (Å²) in [6, 6.07) is 5.78. The number of β-lactam (4-membered cyclic amide) rings is 1. The van der Waals surface area contributed by atoms with Gasteiger partial charge in [-0.05, 0) is 43.7 Å². The van der Waals surface area contributed by atoms with Crippen molar-refractivity contribution in [3.8, 4) is 5.75 Å². The molecule has 4 heterocycles. The number of aromatic hydroxyl groups is 1. The highest BCUT2D eigenvalue weighted by Crippen LogP contribution is 2.50. The molecule has 1 aromatic carbocycles. The number of rotatable bonds is 6. The number of aromatic nitrogens is 2. The first-order valence-corrected chi connectivity index (χ1v) is 12.5. The van der Waals surface area contributed by atoms with E-state index in [1.54, 1.807) is 26.0 Å². The summed E-state index contributed by atoms with van der Waals surface area (Å²) in [4.78, 5) is 61.0. The quantitative estimate of drug-likeness (QED) is 0.285. The summed E-state index contributed by atoms with van der Waals surface area (Å²) in [6.45, 7) is 3.47. The minimum Gasteiger partial charge on any atom is -0.508 e. The van der Waals surface area contributed by atoms with Crippen LogP contribution in [0.2, 0.25) is 0 Å². The van der Waals surface area contributed by atoms with Crippen LogP contribution < -0.4 is 16.4 Å². The number of carboxylic acid groups (broad SMARTS) is 1. The lowest BCUT2D eigenvalue weighted by molar-refractivity contribution is -0.161. The van der Waals surface area contributed by atoms with Crippen LogP contribution in [0.4, 0.5) is 5.69 Å². The molecule has 13 heteroatoms. The van der Waals surface area contributed by atoms with Crippen molar-refractivity contribution in [2.24, 2.45) is 0 Å². The Morgan fingerprint density at radius 3 is 2.55 bits per heavy atom. The maximum atomic E-state index is 13.5. The molecule has 2 unspecified atom stereocenters. The number of hydrogen-bond donors (Lipinski definition) is 5. The van der Waals surface area contributed by atoms with E-state index in [4.69, 9.17) is 5.73 Å². The Balaban J connectivity index is 1.41. The van der Waals surface area contributed by atoms with Crippen molar-refractivity contribution in [3.63, 3.8) is 0 Å². The van der Waals surface area contributed by atoms with Crippen molar-refractivity contribution in [1.82, 2.24) is 25.5 Å². The Hall–Kier alpha value is -4.39. The average molecular weight is 537 g/mol. The van der Waals surface area contributed by atoms with E-state index in [1.165, 1.54) is 53.3 Å². The molecule has 0 bridgehead atoms. The number of carbonyl (C=O) groups is 4. The lowest BCUT2D eigenvalue weighted by Gasteiger charge is -2.44. The third-order valence-corrected chi connectivity index (χ3v) is 8.22. The lowest BCUT2D eigenvalue weighted by Crippen LogP contribution is -2.71. The Kier molecular flexibility index (Phi) is 6.10. The number of anilines is 1. The van der Waals surface area contributed by atoms with Crippen LogP contribution in [0.5, 0.6) is 5.75 Å². The molecule has 2 fully saturated rings. The van der Waals surface area contributed by atoms with Crippen molar-refractivity contribution in [2.75, 3.05) is 5.73 Å². The maximum absolute atomic E-state index is 13.5. The van der Waals surface area contributed by atoms with Gasteiger partial charge < -0.3 is 31.5 Å². The molecule has 0 aliphatic carbocycles. The van der Waals surface area contributed by atoms with Gasteiger partial charge in [-0.2, -0.15) is 0 Å². The van der Waals surface area contributed by atoms with E-state index < -0.39 is 51.9 Å². The number of phenols is 1. The molecule has 2 aromatic heterocycles. The molecule has 6 N–H and O–H groups in total. The van der Waals surface area contributed by atoms with Gasteiger partial charge in [0.2, 0.25) is 11.8 Å². The first-order chi connectivity index (χ1) is 18.0. The number of pyridine rings is 2. The molecule has 3 amide bonds. The highest BCUT2D eigenvalue weighted by atomic mass is 32.2. The summed E-state index contributed by atoms with van der Waals surface area (Å²) in [6.07, 6.45) is 2.81. The van der Waals surface area contributed by atoms with Crippen LogP contribution in [-0.2, 0) is 14.4 Å². The van der Waals surface area contributed by atoms with E-state index in [2.05, 4.69) is 20.6 Å². The van der Waals surface area contributed by atoms with Crippen molar-refractivity contribution in [1.29, 1.82) is 0 Å². The molecule has 2 aliphatic rings. The number of carboxylic acids is 1.